The van der Waals surface area contributed by atoms with Crippen LogP contribution < -0.4 is 0 Å². The summed E-state index contributed by atoms with van der Waals surface area (Å²) in [4.78, 5) is 19.0. The van der Waals surface area contributed by atoms with E-state index in [1.54, 1.807) is 24.1 Å². The van der Waals surface area contributed by atoms with Crippen LogP contribution in [-0.4, -0.2) is 104 Å². The zero-order valence-electron chi connectivity index (χ0n) is 22.6. The summed E-state index contributed by atoms with van der Waals surface area (Å²) in [5, 5.41) is 49.5. The van der Waals surface area contributed by atoms with Crippen molar-refractivity contribution in [3.63, 3.8) is 0 Å². The van der Waals surface area contributed by atoms with Crippen molar-refractivity contribution in [1.82, 2.24) is 29.4 Å². The van der Waals surface area contributed by atoms with Crippen LogP contribution in [0.25, 0.3) is 11.3 Å². The van der Waals surface area contributed by atoms with Gasteiger partial charge in [-0.05, 0) is 26.0 Å². The Kier molecular flexibility index (Phi) is 9.10. The molecule has 12 nitrogen and oxygen atoms in total. The molecule has 0 bridgehead atoms. The van der Waals surface area contributed by atoms with Crippen molar-refractivity contribution < 1.29 is 43.1 Å². The molecule has 0 spiro atoms. The number of rotatable bonds is 9. The number of halogens is 3. The zero-order chi connectivity index (χ0) is 30.2. The number of carbonyl (C=O) groups excluding carboxylic acids is 1. The van der Waals surface area contributed by atoms with E-state index in [-0.39, 0.29) is 17.8 Å². The monoisotopic (exact) mass is 600 g/mol. The number of aromatic nitrogens is 5. The van der Waals surface area contributed by atoms with Crippen molar-refractivity contribution in [2.45, 2.75) is 61.0 Å². The van der Waals surface area contributed by atoms with Crippen LogP contribution in [0.5, 0.6) is 0 Å². The average Bonchev–Trinajstić information content (AvgIpc) is 3.54. The van der Waals surface area contributed by atoms with E-state index >= 15 is 0 Å². The molecule has 4 rings (SSSR count). The molecule has 1 aromatic carbocycles. The summed E-state index contributed by atoms with van der Waals surface area (Å²) in [7, 11) is 3.32. The molecule has 2 aromatic heterocycles. The minimum atomic E-state index is -1.65. The highest BCUT2D eigenvalue weighted by atomic mass is 32.2. The number of ether oxygens (including phenoxy) is 1. The highest BCUT2D eigenvalue weighted by Crippen LogP contribution is 2.39. The van der Waals surface area contributed by atoms with Crippen LogP contribution in [0.1, 0.15) is 25.6 Å². The molecule has 1 fully saturated rings. The van der Waals surface area contributed by atoms with Crippen LogP contribution in [0.3, 0.4) is 0 Å². The lowest BCUT2D eigenvalue weighted by molar-refractivity contribution is -0.179. The number of imidazole rings is 1. The summed E-state index contributed by atoms with van der Waals surface area (Å²) < 4.78 is 49.4. The van der Waals surface area contributed by atoms with Gasteiger partial charge >= 0.3 is 0 Å². The van der Waals surface area contributed by atoms with Crippen LogP contribution in [0, 0.1) is 17.5 Å². The second-order valence-corrected chi connectivity index (χ2v) is 11.6. The van der Waals surface area contributed by atoms with Gasteiger partial charge < -0.3 is 34.6 Å². The quantitative estimate of drug-likeness (QED) is 0.256. The average molecular weight is 601 g/mol. The van der Waals surface area contributed by atoms with Crippen LogP contribution in [0.15, 0.2) is 30.9 Å². The number of aliphatic hydroxyl groups is 4. The van der Waals surface area contributed by atoms with E-state index in [4.69, 9.17) is 4.74 Å². The van der Waals surface area contributed by atoms with E-state index in [1.165, 1.54) is 32.0 Å². The van der Waals surface area contributed by atoms with E-state index < -0.39 is 70.6 Å². The molecule has 0 radical (unpaired) electrons. The number of aliphatic hydroxyl groups excluding tert-OH is 3. The molecule has 41 heavy (non-hydrogen) atoms. The number of thioether (sulfide) groups is 1. The number of aryl methyl sites for hydroxylation is 1. The minimum Gasteiger partial charge on any atom is -0.394 e. The number of hydrogen-bond acceptors (Lipinski definition) is 10. The predicted octanol–water partition coefficient (Wildman–Crippen LogP) is 0.607. The SMILES string of the molecule is CN(Cc1cn(C)cn1)C(=O)C(S[C@@H]1O[C@H](CO)[C@H](O)[C@H](n2cc(-c3cc(F)c(F)c(F)c3)nn2)[C@H]1O)C(C)(C)O. The summed E-state index contributed by atoms with van der Waals surface area (Å²) in [5.74, 6) is -5.01. The Labute approximate surface area is 237 Å². The standard InChI is InChI=1S/C25H31F3N6O6S/c1-25(2,39)22(23(38)33(4)8-13-7-32(3)11-29-13)41-24-21(37)19(20(36)17(10-35)40-24)34-9-16(30-31-34)12-5-14(26)18(28)15(27)6-12/h5-7,9,11,17,19-22,24,35-37,39H,8,10H2,1-4H3/t17-,19+,20+,21-,22?,24+/m1/s1. The van der Waals surface area contributed by atoms with Crippen molar-refractivity contribution in [3.05, 3.63) is 54.0 Å². The fourth-order valence-corrected chi connectivity index (χ4v) is 5.91. The highest BCUT2D eigenvalue weighted by Gasteiger charge is 2.49. The molecule has 6 atom stereocenters. The number of amides is 1. The maximum atomic E-state index is 13.8. The van der Waals surface area contributed by atoms with Gasteiger partial charge in [0, 0.05) is 25.9 Å². The molecule has 0 saturated carbocycles. The lowest BCUT2D eigenvalue weighted by atomic mass is 9.97. The summed E-state index contributed by atoms with van der Waals surface area (Å²) >= 11 is 0.798. The van der Waals surface area contributed by atoms with Gasteiger partial charge in [-0.2, -0.15) is 0 Å². The third-order valence-electron chi connectivity index (χ3n) is 6.61. The van der Waals surface area contributed by atoms with Crippen molar-refractivity contribution in [2.75, 3.05) is 13.7 Å². The number of nitrogens with zero attached hydrogens (tertiary/aromatic N) is 6. The molecule has 1 amide bonds. The Morgan fingerprint density at radius 3 is 2.41 bits per heavy atom. The first-order valence-electron chi connectivity index (χ1n) is 12.5. The molecule has 16 heteroatoms. The van der Waals surface area contributed by atoms with Crippen LogP contribution in [0.2, 0.25) is 0 Å². The molecule has 3 aromatic rings. The van der Waals surface area contributed by atoms with Gasteiger partial charge in [-0.3, -0.25) is 4.79 Å². The van der Waals surface area contributed by atoms with Gasteiger partial charge in [-0.1, -0.05) is 5.21 Å². The second-order valence-electron chi connectivity index (χ2n) is 10.4. The first kappa shape index (κ1) is 30.9. The Balaban J connectivity index is 1.59. The van der Waals surface area contributed by atoms with Gasteiger partial charge in [0.2, 0.25) is 5.91 Å². The molecular formula is C25H31F3N6O6S. The van der Waals surface area contributed by atoms with Gasteiger partial charge in [-0.25, -0.2) is 22.8 Å². The van der Waals surface area contributed by atoms with E-state index in [2.05, 4.69) is 15.3 Å². The minimum absolute atomic E-state index is 0.0841. The Bertz CT molecular complexity index is 1360. The molecule has 3 heterocycles. The van der Waals surface area contributed by atoms with Gasteiger partial charge in [-0.15, -0.1) is 16.9 Å². The fraction of sp³-hybridized carbons (Fsp3) is 0.520. The molecule has 0 aliphatic carbocycles. The number of hydrogen-bond donors (Lipinski definition) is 4. The van der Waals surface area contributed by atoms with Crippen molar-refractivity contribution in [1.29, 1.82) is 0 Å². The highest BCUT2D eigenvalue weighted by molar-refractivity contribution is 8.01. The smallest absolute Gasteiger partial charge is 0.238 e. The van der Waals surface area contributed by atoms with E-state index in [9.17, 15) is 38.4 Å². The second kappa shape index (κ2) is 12.1. The third-order valence-corrected chi connectivity index (χ3v) is 8.32. The maximum Gasteiger partial charge on any atom is 0.238 e. The molecule has 1 aliphatic rings. The largest absolute Gasteiger partial charge is 0.394 e. The van der Waals surface area contributed by atoms with E-state index in [0.29, 0.717) is 5.69 Å². The lowest BCUT2D eigenvalue weighted by Crippen LogP contribution is -2.57. The van der Waals surface area contributed by atoms with Crippen molar-refractivity contribution in [3.8, 4) is 11.3 Å². The summed E-state index contributed by atoms with van der Waals surface area (Å²) in [5.41, 5.74) is -2.46. The summed E-state index contributed by atoms with van der Waals surface area (Å²) in [6.45, 7) is 2.33. The summed E-state index contributed by atoms with van der Waals surface area (Å²) in [6, 6.07) is 0.151. The predicted molar refractivity (Wildman–Crippen MR) is 139 cm³/mol. The Hall–Kier alpha value is -3.02. The fourth-order valence-electron chi connectivity index (χ4n) is 4.48. The van der Waals surface area contributed by atoms with Crippen molar-refractivity contribution in [2.24, 2.45) is 7.05 Å². The van der Waals surface area contributed by atoms with Crippen LogP contribution in [0.4, 0.5) is 13.2 Å². The van der Waals surface area contributed by atoms with Gasteiger partial charge in [0.15, 0.2) is 17.5 Å². The van der Waals surface area contributed by atoms with Gasteiger partial charge in [0.25, 0.3) is 0 Å². The molecular weight excluding hydrogens is 569 g/mol. The molecule has 224 valence electrons. The van der Waals surface area contributed by atoms with Crippen molar-refractivity contribution >= 4 is 17.7 Å². The molecule has 4 N–H and O–H groups in total. The number of carbonyl (C=O) groups is 1. The maximum absolute atomic E-state index is 13.8. The van der Waals surface area contributed by atoms with Gasteiger partial charge in [0.1, 0.15) is 40.7 Å². The topological polar surface area (TPSA) is 159 Å². The molecule has 1 saturated heterocycles. The van der Waals surface area contributed by atoms with Crippen LogP contribution in [-0.2, 0) is 23.1 Å². The lowest BCUT2D eigenvalue weighted by Gasteiger charge is -2.43. The molecule has 1 aliphatic heterocycles. The molecule has 1 unspecified atom stereocenters. The Morgan fingerprint density at radius 2 is 1.85 bits per heavy atom. The van der Waals surface area contributed by atoms with Gasteiger partial charge in [0.05, 0.1) is 37.0 Å². The first-order valence-corrected chi connectivity index (χ1v) is 13.4. The number of benzene rings is 1. The first-order chi connectivity index (χ1) is 19.2. The third kappa shape index (κ3) is 6.57. The van der Waals surface area contributed by atoms with E-state index in [0.717, 1.165) is 28.6 Å². The Morgan fingerprint density at radius 1 is 1.20 bits per heavy atom. The van der Waals surface area contributed by atoms with E-state index in [1.807, 2.05) is 0 Å². The van der Waals surface area contributed by atoms with Crippen LogP contribution >= 0.6 is 11.8 Å². The zero-order valence-corrected chi connectivity index (χ0v) is 23.4. The summed E-state index contributed by atoms with van der Waals surface area (Å²) in [6.07, 6.45) is 0.186. The normalized spacial score (nSPS) is 23.9.